The minimum absolute atomic E-state index is 0.201. The quantitative estimate of drug-likeness (QED) is 0.0501. The molecule has 8 aromatic carbocycles. The van der Waals surface area contributed by atoms with Crippen molar-refractivity contribution in [1.82, 2.24) is 0 Å². The summed E-state index contributed by atoms with van der Waals surface area (Å²) in [4.78, 5) is 115. The highest BCUT2D eigenvalue weighted by Crippen LogP contribution is 2.56. The Morgan fingerprint density at radius 1 is 0.384 bits per heavy atom. The highest BCUT2D eigenvalue weighted by atomic mass is 16.8. The number of esters is 8. The van der Waals surface area contributed by atoms with Gasteiger partial charge >= 0.3 is 47.8 Å². The van der Waals surface area contributed by atoms with Gasteiger partial charge in [-0.1, -0.05) is 0 Å². The first kappa shape index (κ1) is 76.2. The van der Waals surface area contributed by atoms with Crippen molar-refractivity contribution in [3.8, 4) is 161 Å². The third kappa shape index (κ3) is 13.5. The van der Waals surface area contributed by atoms with Crippen LogP contribution in [0.2, 0.25) is 0 Å². The van der Waals surface area contributed by atoms with Gasteiger partial charge in [0, 0.05) is 23.3 Å². The number of ether oxygens (including phenoxy) is 12. The summed E-state index contributed by atoms with van der Waals surface area (Å²) in [6, 6.07) is 5.01. The van der Waals surface area contributed by atoms with Gasteiger partial charge in [0.05, 0.1) is 40.0 Å². The van der Waals surface area contributed by atoms with E-state index in [4.69, 9.17) is 56.8 Å². The number of aliphatic hydroxyl groups is 2. The van der Waals surface area contributed by atoms with E-state index in [1.54, 1.807) is 0 Å². The number of phenolic OH excluding ortho intramolecular Hbond substituents is 22. The molecule has 0 spiro atoms. The van der Waals surface area contributed by atoms with Crippen LogP contribution in [0, 0.1) is 0 Å². The average Bonchev–Trinajstić information content (AvgIpc) is 1.19. The second-order valence-corrected chi connectivity index (χ2v) is 24.1. The van der Waals surface area contributed by atoms with E-state index in [1.807, 2.05) is 0 Å². The van der Waals surface area contributed by atoms with Crippen LogP contribution in [-0.2, 0) is 47.4 Å². The molecule has 24 N–H and O–H groups in total. The number of aliphatic hydroxyl groups excluding tert-OH is 2. The normalized spacial score (nSPS) is 20.6. The SMILES string of the molecule is O=C1O[C@@H]2O[C@@H]3COC(=O)c4cc(O)c(O)c(O)c4-c4c(cc(O)c(O)c4O)C(=O)O[C@H]3[C@H](OC(=O)c3cc(O)c(O)c(O)c3)[C@H]2OC(=O)c2cc(Oc3cc(C(=O)O[C@H]4[C@H](OC(=O)c5cc(O)c(O)c(O)c5)O[C@H](CO)[C@@H](O)[C@@H]4OC(=O)c4cc(O)c(O)c(O)c4)c(O)c(O)c3O)c(O)c(O)c2Oc2cc1cc(O)c2O. The summed E-state index contributed by atoms with van der Waals surface area (Å²) >= 11 is 0. The minimum Gasteiger partial charge on any atom is -0.504 e. The molecule has 4 aliphatic rings. The zero-order chi connectivity index (χ0) is 81.6. The lowest BCUT2D eigenvalue weighted by molar-refractivity contribution is -0.283. The van der Waals surface area contributed by atoms with Crippen molar-refractivity contribution < 1.29 is 218 Å². The molecular formula is C68H50O44. The topological polar surface area (TPSA) is 733 Å². The second-order valence-electron chi connectivity index (χ2n) is 24.1. The minimum atomic E-state index is -2.86. The molecule has 2 fully saturated rings. The van der Waals surface area contributed by atoms with Crippen LogP contribution in [0.25, 0.3) is 11.1 Å². The van der Waals surface area contributed by atoms with Crippen molar-refractivity contribution in [1.29, 1.82) is 0 Å². The predicted octanol–water partition coefficient (Wildman–Crippen LogP) is 2.19. The molecular weight excluding hydrogens is 1520 g/mol. The van der Waals surface area contributed by atoms with E-state index >= 15 is 4.79 Å². The molecule has 44 nitrogen and oxygen atoms in total. The number of hydrogen-bond donors (Lipinski definition) is 24. The van der Waals surface area contributed by atoms with Gasteiger partial charge in [0.1, 0.15) is 36.0 Å². The number of fused-ring (bicyclic) bond motifs is 8. The molecule has 2 bridgehead atoms. The monoisotopic (exact) mass is 1570 g/mol. The molecule has 0 aromatic heterocycles. The van der Waals surface area contributed by atoms with Crippen LogP contribution in [0.3, 0.4) is 0 Å². The number of phenols is 22. The number of rotatable bonds is 11. The fourth-order valence-corrected chi connectivity index (χ4v) is 11.5. The van der Waals surface area contributed by atoms with Crippen molar-refractivity contribution in [2.45, 2.75) is 61.4 Å². The molecule has 4 aliphatic heterocycles. The summed E-state index contributed by atoms with van der Waals surface area (Å²) in [5.74, 6) is -51.1. The third-order valence-corrected chi connectivity index (χ3v) is 17.1. The molecule has 8 aromatic rings. The van der Waals surface area contributed by atoms with Gasteiger partial charge in [-0.05, 0) is 60.7 Å². The summed E-state index contributed by atoms with van der Waals surface area (Å²) in [7, 11) is 0. The number of carbonyl (C=O) groups is 8. The Labute approximate surface area is 616 Å². The lowest BCUT2D eigenvalue weighted by Gasteiger charge is -2.44. The van der Waals surface area contributed by atoms with Gasteiger partial charge in [0.2, 0.25) is 65.0 Å². The lowest BCUT2D eigenvalue weighted by atomic mass is 9.92. The smallest absolute Gasteiger partial charge is 0.342 e. The van der Waals surface area contributed by atoms with Crippen molar-refractivity contribution >= 4 is 47.8 Å². The molecule has 0 amide bonds. The Balaban J connectivity index is 0.971. The fourth-order valence-electron chi connectivity index (χ4n) is 11.5. The van der Waals surface area contributed by atoms with Gasteiger partial charge in [-0.25, -0.2) is 38.4 Å². The first-order valence-electron chi connectivity index (χ1n) is 31.1. The Morgan fingerprint density at radius 3 is 1.36 bits per heavy atom. The zero-order valence-electron chi connectivity index (χ0n) is 55.0. The number of hydrogen-bond acceptors (Lipinski definition) is 44. The summed E-state index contributed by atoms with van der Waals surface area (Å²) in [5.41, 5.74) is -11.2. The van der Waals surface area contributed by atoms with E-state index in [0.29, 0.717) is 60.7 Å². The molecule has 12 rings (SSSR count). The number of benzene rings is 8. The van der Waals surface area contributed by atoms with Crippen molar-refractivity contribution in [3.05, 3.63) is 117 Å². The molecule has 44 heteroatoms. The predicted molar refractivity (Wildman–Crippen MR) is 345 cm³/mol. The molecule has 2 saturated heterocycles. The standard InChI is InChI=1S/C68H50O44/c69-13-35-48(88)55(107-59(93)15-1-23(70)40(80)24(71)2-15)57(67(104-35)111-61(95)17-5-27(74)42(82)28(75)6-17)109-65(99)21-11-33(46(86)51(91)39(21)79)102-34-12-22-53(52(92)47(34)87)103-32-8-18(7-29(76)43(32)83)62(96)112-68-58(110-66(22)100)56(108-60(94)16-3-25(72)41(81)26(73)4-16)54-36(105-68)14-101-63(97)19-9-30(77)44(84)49(89)37(19)38-20(64(98)106-54)10-31(78)45(85)50(38)90/h1-12,35-36,48,54-58,67-92H,13-14H2/t35-,36-,48-,54-,55+,56+,57-,58-,67+,68+/m1/s1. The second kappa shape index (κ2) is 28.7. The Morgan fingerprint density at radius 2 is 0.830 bits per heavy atom. The molecule has 112 heavy (non-hydrogen) atoms. The number of aromatic hydroxyl groups is 22. The van der Waals surface area contributed by atoms with Gasteiger partial charge in [0.15, 0.2) is 128 Å². The van der Waals surface area contributed by atoms with E-state index in [0.717, 1.165) is 0 Å². The molecule has 4 heterocycles. The molecule has 0 aliphatic carbocycles. The maximum Gasteiger partial charge on any atom is 0.342 e. The third-order valence-electron chi connectivity index (χ3n) is 17.1. The van der Waals surface area contributed by atoms with Gasteiger partial charge in [0.25, 0.3) is 0 Å². The van der Waals surface area contributed by atoms with E-state index in [9.17, 15) is 156 Å². The van der Waals surface area contributed by atoms with Crippen LogP contribution in [-0.4, -0.2) is 245 Å². The Hall–Kier alpha value is -15.4. The lowest BCUT2D eigenvalue weighted by Crippen LogP contribution is -2.63. The van der Waals surface area contributed by atoms with Crippen LogP contribution in [0.5, 0.6) is 149 Å². The van der Waals surface area contributed by atoms with E-state index < -0.39 is 328 Å². The van der Waals surface area contributed by atoms with Gasteiger partial charge in [-0.3, -0.25) is 0 Å². The maximum atomic E-state index is 15.4. The largest absolute Gasteiger partial charge is 0.504 e. The van der Waals surface area contributed by atoms with Gasteiger partial charge in [-0.15, -0.1) is 0 Å². The van der Waals surface area contributed by atoms with E-state index in [-0.39, 0.29) is 12.1 Å². The first-order valence-corrected chi connectivity index (χ1v) is 31.1. The maximum absolute atomic E-state index is 15.4. The van der Waals surface area contributed by atoms with Gasteiger partial charge in [-0.2, -0.15) is 0 Å². The Kier molecular flexibility index (Phi) is 19.5. The highest BCUT2D eigenvalue weighted by Gasteiger charge is 2.57. The Bertz CT molecular complexity index is 5290. The highest BCUT2D eigenvalue weighted by molar-refractivity contribution is 6.09. The van der Waals surface area contributed by atoms with Crippen LogP contribution < -0.4 is 9.47 Å². The van der Waals surface area contributed by atoms with Crippen molar-refractivity contribution in [2.75, 3.05) is 13.2 Å². The van der Waals surface area contributed by atoms with Crippen LogP contribution >= 0.6 is 0 Å². The van der Waals surface area contributed by atoms with Crippen molar-refractivity contribution in [3.63, 3.8) is 0 Å². The molecule has 0 saturated carbocycles. The molecule has 0 unspecified atom stereocenters. The van der Waals surface area contributed by atoms with Gasteiger partial charge < -0.3 is 179 Å². The average molecular weight is 1570 g/mol. The van der Waals surface area contributed by atoms with Crippen LogP contribution in [0.15, 0.2) is 72.8 Å². The van der Waals surface area contributed by atoms with Crippen molar-refractivity contribution in [2.24, 2.45) is 0 Å². The van der Waals surface area contributed by atoms with Crippen LogP contribution in [0.4, 0.5) is 0 Å². The van der Waals surface area contributed by atoms with E-state index in [2.05, 4.69) is 0 Å². The molecule has 0 radical (unpaired) electrons. The molecule has 586 valence electrons. The number of cyclic esters (lactones) is 1. The van der Waals surface area contributed by atoms with E-state index in [1.165, 1.54) is 0 Å². The summed E-state index contributed by atoms with van der Waals surface area (Å²) in [6.45, 7) is -2.71. The van der Waals surface area contributed by atoms with Crippen LogP contribution in [0.1, 0.15) is 82.9 Å². The zero-order valence-corrected chi connectivity index (χ0v) is 55.0. The molecule has 10 atom stereocenters. The number of carbonyl (C=O) groups excluding carboxylic acids is 8. The first-order chi connectivity index (χ1) is 52.8. The summed E-state index contributed by atoms with van der Waals surface area (Å²) in [6.07, 6.45) is -25.9. The summed E-state index contributed by atoms with van der Waals surface area (Å²) < 4.78 is 67.3. The summed E-state index contributed by atoms with van der Waals surface area (Å²) in [5, 5.41) is 259. The fraction of sp³-hybridized carbons (Fsp3) is 0.176.